The lowest BCUT2D eigenvalue weighted by molar-refractivity contribution is -0.153. The smallest absolute Gasteiger partial charge is 0.333 e. The van der Waals surface area contributed by atoms with Gasteiger partial charge in [0.1, 0.15) is 12.7 Å². The molecule has 1 heterocycles. The molecule has 2 atom stereocenters. The van der Waals surface area contributed by atoms with Crippen molar-refractivity contribution in [3.05, 3.63) is 12.2 Å². The van der Waals surface area contributed by atoms with Crippen LogP contribution in [0.15, 0.2) is 12.2 Å². The molecule has 0 aliphatic carbocycles. The van der Waals surface area contributed by atoms with Crippen molar-refractivity contribution in [1.82, 2.24) is 0 Å². The molecule has 1 saturated heterocycles. The number of carbonyl (C=O) groups excluding carboxylic acids is 1. The van der Waals surface area contributed by atoms with Gasteiger partial charge in [0.25, 0.3) is 0 Å². The van der Waals surface area contributed by atoms with E-state index >= 15 is 0 Å². The van der Waals surface area contributed by atoms with Crippen LogP contribution in [0.25, 0.3) is 0 Å². The second kappa shape index (κ2) is 5.88. The first-order chi connectivity index (χ1) is 7.15. The zero-order valence-corrected chi connectivity index (χ0v) is 9.32. The SMILES string of the molecule is C=C(C)C(=O)OCC1OCCCC1OC. The summed E-state index contributed by atoms with van der Waals surface area (Å²) in [7, 11) is 1.65. The third kappa shape index (κ3) is 3.64. The van der Waals surface area contributed by atoms with Crippen molar-refractivity contribution < 1.29 is 19.0 Å². The van der Waals surface area contributed by atoms with E-state index < -0.39 is 0 Å². The van der Waals surface area contributed by atoms with Crippen LogP contribution < -0.4 is 0 Å². The lowest BCUT2D eigenvalue weighted by Crippen LogP contribution is -2.39. The van der Waals surface area contributed by atoms with E-state index in [4.69, 9.17) is 14.2 Å². The molecule has 0 N–H and O–H groups in total. The predicted octanol–water partition coefficient (Wildman–Crippen LogP) is 1.30. The summed E-state index contributed by atoms with van der Waals surface area (Å²) in [6, 6.07) is 0. The third-order valence-corrected chi connectivity index (χ3v) is 2.41. The summed E-state index contributed by atoms with van der Waals surface area (Å²) in [5.74, 6) is -0.376. The van der Waals surface area contributed by atoms with Crippen molar-refractivity contribution in [2.45, 2.75) is 32.0 Å². The molecule has 0 aromatic rings. The Morgan fingerprint density at radius 3 is 2.93 bits per heavy atom. The molecule has 0 radical (unpaired) electrons. The molecule has 1 fully saturated rings. The number of hydrogen-bond donors (Lipinski definition) is 0. The molecule has 0 bridgehead atoms. The summed E-state index contributed by atoms with van der Waals surface area (Å²) < 4.78 is 15.8. The number of carbonyl (C=O) groups is 1. The van der Waals surface area contributed by atoms with Crippen molar-refractivity contribution in [2.75, 3.05) is 20.3 Å². The van der Waals surface area contributed by atoms with E-state index in [0.717, 1.165) is 12.8 Å². The molecule has 0 aromatic carbocycles. The normalized spacial score (nSPS) is 26.0. The molecule has 0 spiro atoms. The number of esters is 1. The van der Waals surface area contributed by atoms with E-state index in [0.29, 0.717) is 12.2 Å². The predicted molar refractivity (Wildman–Crippen MR) is 55.5 cm³/mol. The second-order valence-electron chi connectivity index (χ2n) is 3.70. The van der Waals surface area contributed by atoms with E-state index in [2.05, 4.69) is 6.58 Å². The maximum absolute atomic E-state index is 11.2. The summed E-state index contributed by atoms with van der Waals surface area (Å²) in [4.78, 5) is 11.2. The minimum Gasteiger partial charge on any atom is -0.459 e. The molecule has 4 heteroatoms. The van der Waals surface area contributed by atoms with Gasteiger partial charge < -0.3 is 14.2 Å². The van der Waals surface area contributed by atoms with Crippen LogP contribution in [0.5, 0.6) is 0 Å². The Kier molecular flexibility index (Phi) is 4.78. The molecule has 15 heavy (non-hydrogen) atoms. The summed E-state index contributed by atoms with van der Waals surface area (Å²) in [6.45, 7) is 6.08. The fraction of sp³-hybridized carbons (Fsp3) is 0.727. The van der Waals surface area contributed by atoms with Crippen LogP contribution in [0.4, 0.5) is 0 Å². The highest BCUT2D eigenvalue weighted by molar-refractivity contribution is 5.86. The molecular weight excluding hydrogens is 196 g/mol. The molecule has 86 valence electrons. The van der Waals surface area contributed by atoms with Crippen LogP contribution in [0.2, 0.25) is 0 Å². The number of hydrogen-bond acceptors (Lipinski definition) is 4. The Bertz CT molecular complexity index is 237. The largest absolute Gasteiger partial charge is 0.459 e. The lowest BCUT2D eigenvalue weighted by Gasteiger charge is -2.30. The molecule has 0 aromatic heterocycles. The minimum atomic E-state index is -0.376. The minimum absolute atomic E-state index is 0.0247. The Balaban J connectivity index is 2.35. The van der Waals surface area contributed by atoms with Crippen molar-refractivity contribution in [3.63, 3.8) is 0 Å². The quantitative estimate of drug-likeness (QED) is 0.522. The molecular formula is C11H18O4. The highest BCUT2D eigenvalue weighted by atomic mass is 16.6. The van der Waals surface area contributed by atoms with Crippen LogP contribution in [0.1, 0.15) is 19.8 Å². The van der Waals surface area contributed by atoms with Crippen LogP contribution in [0, 0.1) is 0 Å². The van der Waals surface area contributed by atoms with Crippen LogP contribution in [-0.4, -0.2) is 38.5 Å². The monoisotopic (exact) mass is 214 g/mol. The average molecular weight is 214 g/mol. The van der Waals surface area contributed by atoms with Gasteiger partial charge in [-0.1, -0.05) is 6.58 Å². The number of methoxy groups -OCH3 is 1. The van der Waals surface area contributed by atoms with Gasteiger partial charge in [-0.15, -0.1) is 0 Å². The summed E-state index contributed by atoms with van der Waals surface area (Å²) in [5, 5.41) is 0. The first-order valence-electron chi connectivity index (χ1n) is 5.12. The van der Waals surface area contributed by atoms with Crippen LogP contribution in [0.3, 0.4) is 0 Å². The van der Waals surface area contributed by atoms with Gasteiger partial charge in [0, 0.05) is 19.3 Å². The van der Waals surface area contributed by atoms with Crippen LogP contribution in [-0.2, 0) is 19.0 Å². The number of ether oxygens (including phenoxy) is 3. The van der Waals surface area contributed by atoms with Crippen molar-refractivity contribution in [1.29, 1.82) is 0 Å². The van der Waals surface area contributed by atoms with Gasteiger partial charge in [0.05, 0.1) is 6.10 Å². The average Bonchev–Trinajstić information content (AvgIpc) is 2.26. The van der Waals surface area contributed by atoms with E-state index in [1.54, 1.807) is 14.0 Å². The standard InChI is InChI=1S/C11H18O4/c1-8(2)11(12)15-7-10-9(13-3)5-4-6-14-10/h9-10H,1,4-7H2,2-3H3. The van der Waals surface area contributed by atoms with Gasteiger partial charge in [-0.25, -0.2) is 4.79 Å². The zero-order valence-electron chi connectivity index (χ0n) is 9.32. The first-order valence-corrected chi connectivity index (χ1v) is 5.12. The molecule has 0 saturated carbocycles. The summed E-state index contributed by atoms with van der Waals surface area (Å²) >= 11 is 0. The lowest BCUT2D eigenvalue weighted by atomic mass is 10.1. The van der Waals surface area contributed by atoms with Gasteiger partial charge in [-0.2, -0.15) is 0 Å². The summed E-state index contributed by atoms with van der Waals surface area (Å²) in [6.07, 6.45) is 1.82. The number of rotatable bonds is 4. The highest BCUT2D eigenvalue weighted by Crippen LogP contribution is 2.17. The van der Waals surface area contributed by atoms with Gasteiger partial charge in [-0.3, -0.25) is 0 Å². The maximum Gasteiger partial charge on any atom is 0.333 e. The van der Waals surface area contributed by atoms with E-state index in [1.807, 2.05) is 0 Å². The van der Waals surface area contributed by atoms with Gasteiger partial charge in [0.2, 0.25) is 0 Å². The molecule has 1 aliphatic heterocycles. The van der Waals surface area contributed by atoms with Crippen LogP contribution >= 0.6 is 0 Å². The Morgan fingerprint density at radius 2 is 2.33 bits per heavy atom. The van der Waals surface area contributed by atoms with Crippen molar-refractivity contribution in [2.24, 2.45) is 0 Å². The van der Waals surface area contributed by atoms with Gasteiger partial charge in [0.15, 0.2) is 0 Å². The van der Waals surface area contributed by atoms with Crippen molar-refractivity contribution >= 4 is 5.97 Å². The van der Waals surface area contributed by atoms with E-state index in [-0.39, 0.29) is 24.8 Å². The first kappa shape index (κ1) is 12.2. The summed E-state index contributed by atoms with van der Waals surface area (Å²) in [5.41, 5.74) is 0.403. The van der Waals surface area contributed by atoms with Gasteiger partial charge >= 0.3 is 5.97 Å². The van der Waals surface area contributed by atoms with Crippen molar-refractivity contribution in [3.8, 4) is 0 Å². The molecule has 1 rings (SSSR count). The Hall–Kier alpha value is -0.870. The zero-order chi connectivity index (χ0) is 11.3. The maximum atomic E-state index is 11.2. The topological polar surface area (TPSA) is 44.8 Å². The third-order valence-electron chi connectivity index (χ3n) is 2.41. The fourth-order valence-corrected chi connectivity index (χ4v) is 1.52. The molecule has 1 aliphatic rings. The fourth-order valence-electron chi connectivity index (χ4n) is 1.52. The van der Waals surface area contributed by atoms with E-state index in [9.17, 15) is 4.79 Å². The second-order valence-corrected chi connectivity index (χ2v) is 3.70. The van der Waals surface area contributed by atoms with Gasteiger partial charge in [-0.05, 0) is 19.8 Å². The Morgan fingerprint density at radius 1 is 1.60 bits per heavy atom. The van der Waals surface area contributed by atoms with E-state index in [1.165, 1.54) is 0 Å². The molecule has 0 amide bonds. The molecule has 2 unspecified atom stereocenters. The molecule has 4 nitrogen and oxygen atoms in total. The Labute approximate surface area is 90.2 Å². The highest BCUT2D eigenvalue weighted by Gasteiger charge is 2.27.